The summed E-state index contributed by atoms with van der Waals surface area (Å²) in [5.41, 5.74) is 3.30. The Balaban J connectivity index is 1.34. The molecule has 0 saturated carbocycles. The number of hydrogen-bond acceptors (Lipinski definition) is 5. The van der Waals surface area contributed by atoms with Crippen LogP contribution in [0.5, 0.6) is 5.75 Å². The molecule has 9 nitrogen and oxygen atoms in total. The van der Waals surface area contributed by atoms with Gasteiger partial charge in [0.15, 0.2) is 0 Å². The van der Waals surface area contributed by atoms with Crippen molar-refractivity contribution >= 4 is 35.6 Å². The molecular weight excluding hydrogens is 462 g/mol. The molecule has 1 aliphatic heterocycles. The summed E-state index contributed by atoms with van der Waals surface area (Å²) < 4.78 is 5.72. The van der Waals surface area contributed by atoms with Crippen molar-refractivity contribution in [2.45, 2.75) is 13.5 Å². The molecule has 4 amide bonds. The summed E-state index contributed by atoms with van der Waals surface area (Å²) in [6.45, 7) is 1.75. The van der Waals surface area contributed by atoms with E-state index in [0.717, 1.165) is 16.0 Å². The van der Waals surface area contributed by atoms with Crippen molar-refractivity contribution in [2.24, 2.45) is 0 Å². The normalized spacial score (nSPS) is 14.0. The number of rotatable bonds is 8. The Hall–Kier alpha value is -4.92. The maximum Gasteiger partial charge on any atom is 0.335 e. The molecule has 3 aromatic carbocycles. The number of nitrogens with one attached hydrogen (secondary N) is 2. The van der Waals surface area contributed by atoms with Gasteiger partial charge in [0.2, 0.25) is 5.91 Å². The monoisotopic (exact) mass is 485 g/mol. The fraction of sp³-hybridized carbons (Fsp3) is 0.111. The third-order valence-electron chi connectivity index (χ3n) is 5.36. The molecule has 0 radical (unpaired) electrons. The van der Waals surface area contributed by atoms with E-state index in [1.54, 1.807) is 54.6 Å². The first-order chi connectivity index (χ1) is 17.3. The van der Waals surface area contributed by atoms with E-state index in [1.165, 1.54) is 18.2 Å². The first-order valence-electron chi connectivity index (χ1n) is 11.0. The first kappa shape index (κ1) is 24.2. The molecule has 3 N–H and O–H groups in total. The Bertz CT molecular complexity index is 1350. The van der Waals surface area contributed by atoms with Crippen LogP contribution >= 0.6 is 0 Å². The fourth-order valence-corrected chi connectivity index (χ4v) is 3.52. The Morgan fingerprint density at radius 1 is 1.03 bits per heavy atom. The van der Waals surface area contributed by atoms with Crippen LogP contribution in [-0.2, 0) is 16.2 Å². The minimum absolute atomic E-state index is 0.0653. The average Bonchev–Trinajstić information content (AvgIpc) is 3.11. The van der Waals surface area contributed by atoms with Gasteiger partial charge in [0.25, 0.3) is 5.91 Å². The van der Waals surface area contributed by atoms with E-state index in [9.17, 15) is 19.2 Å². The molecule has 0 atom stereocenters. The van der Waals surface area contributed by atoms with E-state index in [2.05, 4.69) is 10.6 Å². The van der Waals surface area contributed by atoms with E-state index in [1.807, 2.05) is 13.0 Å². The Kier molecular flexibility index (Phi) is 7.10. The number of amides is 4. The predicted molar refractivity (Wildman–Crippen MR) is 132 cm³/mol. The quantitative estimate of drug-likeness (QED) is 0.329. The third kappa shape index (κ3) is 5.95. The van der Waals surface area contributed by atoms with Gasteiger partial charge in [-0.3, -0.25) is 9.59 Å². The number of benzene rings is 3. The summed E-state index contributed by atoms with van der Waals surface area (Å²) in [7, 11) is 0. The SMILES string of the molecule is Cc1cccc(NC(=O)CN2C(=O)N/C(=C/c3ccc(OCc4ccc(C(=O)O)cc4)cc3)C2=O)c1. The highest BCUT2D eigenvalue weighted by Gasteiger charge is 2.34. The van der Waals surface area contributed by atoms with Crippen molar-refractivity contribution in [3.8, 4) is 5.75 Å². The number of carboxylic acids is 1. The molecule has 3 aromatic rings. The zero-order valence-electron chi connectivity index (χ0n) is 19.4. The number of carbonyl (C=O) groups is 4. The predicted octanol–water partition coefficient (Wildman–Crippen LogP) is 3.80. The van der Waals surface area contributed by atoms with Gasteiger partial charge in [-0.2, -0.15) is 0 Å². The Labute approximate surface area is 207 Å². The molecule has 0 aromatic heterocycles. The molecule has 9 heteroatoms. The molecule has 0 spiro atoms. The van der Waals surface area contributed by atoms with Gasteiger partial charge in [0.1, 0.15) is 24.6 Å². The van der Waals surface area contributed by atoms with E-state index >= 15 is 0 Å². The maximum atomic E-state index is 12.7. The zero-order chi connectivity index (χ0) is 25.7. The number of anilines is 1. The molecule has 0 bridgehead atoms. The lowest BCUT2D eigenvalue weighted by atomic mass is 10.1. The Morgan fingerprint density at radius 3 is 2.42 bits per heavy atom. The Morgan fingerprint density at radius 2 is 1.75 bits per heavy atom. The van der Waals surface area contributed by atoms with Crippen LogP contribution in [0.3, 0.4) is 0 Å². The van der Waals surface area contributed by atoms with Crippen molar-refractivity contribution in [2.75, 3.05) is 11.9 Å². The highest BCUT2D eigenvalue weighted by molar-refractivity contribution is 6.15. The minimum Gasteiger partial charge on any atom is -0.489 e. The molecule has 1 heterocycles. The van der Waals surface area contributed by atoms with Crippen LogP contribution in [0.1, 0.15) is 27.0 Å². The van der Waals surface area contributed by atoms with Crippen molar-refractivity contribution in [3.63, 3.8) is 0 Å². The van der Waals surface area contributed by atoms with Gasteiger partial charge in [-0.05, 0) is 66.1 Å². The summed E-state index contributed by atoms with van der Waals surface area (Å²) in [6, 6.07) is 19.8. The lowest BCUT2D eigenvalue weighted by Gasteiger charge is -2.12. The van der Waals surface area contributed by atoms with Crippen LogP contribution < -0.4 is 15.4 Å². The topological polar surface area (TPSA) is 125 Å². The highest BCUT2D eigenvalue weighted by Crippen LogP contribution is 2.19. The number of urea groups is 1. The molecular formula is C27H23N3O6. The van der Waals surface area contributed by atoms with Gasteiger partial charge in [-0.25, -0.2) is 14.5 Å². The number of aryl methyl sites for hydroxylation is 1. The van der Waals surface area contributed by atoms with Crippen LogP contribution in [0.2, 0.25) is 0 Å². The van der Waals surface area contributed by atoms with Gasteiger partial charge in [0.05, 0.1) is 5.56 Å². The number of nitrogens with zero attached hydrogens (tertiary/aromatic N) is 1. The minimum atomic E-state index is -0.988. The second kappa shape index (κ2) is 10.6. The van der Waals surface area contributed by atoms with E-state index in [0.29, 0.717) is 17.0 Å². The van der Waals surface area contributed by atoms with Crippen LogP contribution in [0.15, 0.2) is 78.5 Å². The number of aromatic carboxylic acids is 1. The first-order valence-corrected chi connectivity index (χ1v) is 11.0. The van der Waals surface area contributed by atoms with Crippen LogP contribution in [-0.4, -0.2) is 40.4 Å². The standard InChI is InChI=1S/C27H23N3O6/c1-17-3-2-4-21(13-17)28-24(31)15-30-25(32)23(29-27(30)35)14-18-7-11-22(12-8-18)36-16-19-5-9-20(10-6-19)26(33)34/h2-14H,15-16H2,1H3,(H,28,31)(H,29,35)(H,33,34)/b23-14+. The molecule has 1 fully saturated rings. The van der Waals surface area contributed by atoms with Crippen LogP contribution in [0, 0.1) is 6.92 Å². The maximum absolute atomic E-state index is 12.7. The average molecular weight is 485 g/mol. The highest BCUT2D eigenvalue weighted by atomic mass is 16.5. The second-order valence-corrected chi connectivity index (χ2v) is 8.16. The van der Waals surface area contributed by atoms with Crippen LogP contribution in [0.4, 0.5) is 10.5 Å². The smallest absolute Gasteiger partial charge is 0.335 e. The molecule has 36 heavy (non-hydrogen) atoms. The van der Waals surface area contributed by atoms with Crippen molar-refractivity contribution in [1.29, 1.82) is 0 Å². The van der Waals surface area contributed by atoms with Crippen molar-refractivity contribution in [1.82, 2.24) is 10.2 Å². The van der Waals surface area contributed by atoms with Gasteiger partial charge in [-0.15, -0.1) is 0 Å². The summed E-state index contributed by atoms with van der Waals surface area (Å²) >= 11 is 0. The summed E-state index contributed by atoms with van der Waals surface area (Å²) in [6.07, 6.45) is 1.52. The zero-order valence-corrected chi connectivity index (χ0v) is 19.4. The lowest BCUT2D eigenvalue weighted by molar-refractivity contribution is -0.127. The van der Waals surface area contributed by atoms with Gasteiger partial charge < -0.3 is 20.5 Å². The summed E-state index contributed by atoms with van der Waals surface area (Å²) in [4.78, 5) is 49.1. The lowest BCUT2D eigenvalue weighted by Crippen LogP contribution is -2.38. The second-order valence-electron chi connectivity index (χ2n) is 8.16. The van der Waals surface area contributed by atoms with Crippen LogP contribution in [0.25, 0.3) is 6.08 Å². The largest absolute Gasteiger partial charge is 0.489 e. The number of ether oxygens (including phenoxy) is 1. The molecule has 4 rings (SSSR count). The number of imide groups is 1. The number of carboxylic acid groups (broad SMARTS) is 1. The van der Waals surface area contributed by atoms with E-state index < -0.39 is 30.4 Å². The third-order valence-corrected chi connectivity index (χ3v) is 5.36. The molecule has 0 aliphatic carbocycles. The van der Waals surface area contributed by atoms with E-state index in [4.69, 9.17) is 9.84 Å². The number of hydrogen-bond donors (Lipinski definition) is 3. The molecule has 1 aliphatic rings. The van der Waals surface area contributed by atoms with E-state index in [-0.39, 0.29) is 17.9 Å². The molecule has 0 unspecified atom stereocenters. The summed E-state index contributed by atoms with van der Waals surface area (Å²) in [5.74, 6) is -1.48. The summed E-state index contributed by atoms with van der Waals surface area (Å²) in [5, 5.41) is 14.1. The van der Waals surface area contributed by atoms with Crippen molar-refractivity contribution < 1.29 is 29.0 Å². The molecule has 182 valence electrons. The van der Waals surface area contributed by atoms with Gasteiger partial charge >= 0.3 is 12.0 Å². The van der Waals surface area contributed by atoms with Crippen molar-refractivity contribution in [3.05, 3.63) is 101 Å². The fourth-order valence-electron chi connectivity index (χ4n) is 3.52. The van der Waals surface area contributed by atoms with Gasteiger partial charge in [0, 0.05) is 5.69 Å². The van der Waals surface area contributed by atoms with Gasteiger partial charge in [-0.1, -0.05) is 36.4 Å². The molecule has 1 saturated heterocycles. The number of carbonyl (C=O) groups excluding carboxylic acids is 3.